The maximum Gasteiger partial charge on any atom is 0.416 e. The van der Waals surface area contributed by atoms with E-state index in [0.29, 0.717) is 17.5 Å². The van der Waals surface area contributed by atoms with Gasteiger partial charge in [-0.05, 0) is 61.7 Å². The smallest absolute Gasteiger partial charge is 0.303 e. The number of amides is 2. The van der Waals surface area contributed by atoms with Crippen LogP contribution < -0.4 is 15.8 Å². The molecular weight excluding hydrogens is 423 g/mol. The number of benzene rings is 2. The third-order valence-electron chi connectivity index (χ3n) is 5.31. The third-order valence-corrected chi connectivity index (χ3v) is 5.31. The predicted octanol–water partition coefficient (Wildman–Crippen LogP) is 4.07. The van der Waals surface area contributed by atoms with Gasteiger partial charge in [-0.25, -0.2) is 5.43 Å². The summed E-state index contributed by atoms with van der Waals surface area (Å²) in [5.41, 5.74) is 7.20. The summed E-state index contributed by atoms with van der Waals surface area (Å²) >= 11 is 0. The van der Waals surface area contributed by atoms with Crippen molar-refractivity contribution in [1.82, 2.24) is 10.9 Å². The molecule has 2 atom stereocenters. The van der Waals surface area contributed by atoms with Gasteiger partial charge in [0.2, 0.25) is 11.8 Å². The SMILES string of the molecule is Cc1cc(C)cc(N2C(=O)C(C(C)NNC(=O)CCC=O)c3ccc(C(F)(F)F)cc32)c1. The lowest BCUT2D eigenvalue weighted by molar-refractivity contribution is -0.137. The van der Waals surface area contributed by atoms with Crippen molar-refractivity contribution in [3.63, 3.8) is 0 Å². The fourth-order valence-electron chi connectivity index (χ4n) is 3.93. The zero-order chi connectivity index (χ0) is 23.6. The van der Waals surface area contributed by atoms with E-state index in [1.807, 2.05) is 19.9 Å². The summed E-state index contributed by atoms with van der Waals surface area (Å²) in [6.45, 7) is 5.36. The quantitative estimate of drug-likeness (QED) is 0.496. The summed E-state index contributed by atoms with van der Waals surface area (Å²) in [6.07, 6.45) is -3.88. The summed E-state index contributed by atoms with van der Waals surface area (Å²) in [5.74, 6) is -1.64. The zero-order valence-electron chi connectivity index (χ0n) is 17.9. The Morgan fingerprint density at radius 3 is 2.41 bits per heavy atom. The summed E-state index contributed by atoms with van der Waals surface area (Å²) < 4.78 is 40.2. The van der Waals surface area contributed by atoms with Crippen molar-refractivity contribution in [2.45, 2.75) is 51.7 Å². The Kier molecular flexibility index (Phi) is 6.68. The summed E-state index contributed by atoms with van der Waals surface area (Å²) in [4.78, 5) is 37.0. The molecule has 0 bridgehead atoms. The monoisotopic (exact) mass is 447 g/mol. The Bertz CT molecular complexity index is 1030. The molecule has 2 amide bonds. The average molecular weight is 447 g/mol. The molecule has 1 aliphatic heterocycles. The highest BCUT2D eigenvalue weighted by Gasteiger charge is 2.43. The number of nitrogens with one attached hydrogen (secondary N) is 2. The van der Waals surface area contributed by atoms with Crippen LogP contribution in [-0.4, -0.2) is 24.1 Å². The van der Waals surface area contributed by atoms with Crippen LogP contribution in [0.15, 0.2) is 36.4 Å². The Labute approximate surface area is 183 Å². The number of aldehydes is 1. The number of anilines is 2. The van der Waals surface area contributed by atoms with Gasteiger partial charge in [0.1, 0.15) is 6.29 Å². The third kappa shape index (κ3) is 4.83. The van der Waals surface area contributed by atoms with Crippen LogP contribution >= 0.6 is 0 Å². The van der Waals surface area contributed by atoms with Crippen LogP contribution in [0.25, 0.3) is 0 Å². The maximum absolute atomic E-state index is 13.5. The Morgan fingerprint density at radius 2 is 1.81 bits per heavy atom. The molecule has 2 N–H and O–H groups in total. The van der Waals surface area contributed by atoms with Gasteiger partial charge in [0, 0.05) is 24.6 Å². The van der Waals surface area contributed by atoms with E-state index >= 15 is 0 Å². The number of carbonyl (C=O) groups excluding carboxylic acids is 3. The molecule has 1 aliphatic rings. The minimum absolute atomic E-state index is 0.0118. The van der Waals surface area contributed by atoms with Crippen LogP contribution in [0.5, 0.6) is 0 Å². The van der Waals surface area contributed by atoms with Gasteiger partial charge < -0.3 is 4.79 Å². The second kappa shape index (κ2) is 9.12. The first-order valence-corrected chi connectivity index (χ1v) is 10.1. The zero-order valence-corrected chi connectivity index (χ0v) is 17.9. The standard InChI is InChI=1S/C23H24F3N3O3/c1-13-9-14(2)11-17(10-13)29-19-12-16(23(24,25)26)6-7-18(19)21(22(29)32)15(3)27-28-20(31)5-4-8-30/h6-12,15,21,27H,4-5H2,1-3H3,(H,28,31). The Morgan fingerprint density at radius 1 is 1.16 bits per heavy atom. The molecule has 0 fully saturated rings. The molecule has 2 aromatic carbocycles. The van der Waals surface area contributed by atoms with Crippen molar-refractivity contribution < 1.29 is 27.6 Å². The largest absolute Gasteiger partial charge is 0.416 e. The highest BCUT2D eigenvalue weighted by Crippen LogP contribution is 2.46. The van der Waals surface area contributed by atoms with Gasteiger partial charge in [0.15, 0.2) is 0 Å². The number of carbonyl (C=O) groups is 3. The number of nitrogens with zero attached hydrogens (tertiary/aromatic N) is 1. The molecule has 3 rings (SSSR count). The van der Waals surface area contributed by atoms with Gasteiger partial charge in [-0.2, -0.15) is 13.2 Å². The number of hydrazine groups is 1. The van der Waals surface area contributed by atoms with Gasteiger partial charge in [-0.1, -0.05) is 12.1 Å². The number of hydrogen-bond acceptors (Lipinski definition) is 4. The van der Waals surface area contributed by atoms with E-state index in [-0.39, 0.29) is 18.5 Å². The van der Waals surface area contributed by atoms with Crippen LogP contribution in [0.1, 0.15) is 47.9 Å². The summed E-state index contributed by atoms with van der Waals surface area (Å²) in [5, 5.41) is 0. The predicted molar refractivity (Wildman–Crippen MR) is 113 cm³/mol. The van der Waals surface area contributed by atoms with Gasteiger partial charge in [-0.15, -0.1) is 0 Å². The van der Waals surface area contributed by atoms with E-state index < -0.39 is 35.5 Å². The van der Waals surface area contributed by atoms with Gasteiger partial charge in [0.05, 0.1) is 17.2 Å². The second-order valence-corrected chi connectivity index (χ2v) is 7.96. The molecule has 0 saturated heterocycles. The highest BCUT2D eigenvalue weighted by atomic mass is 19.4. The van der Waals surface area contributed by atoms with E-state index in [1.165, 1.54) is 11.0 Å². The first-order chi connectivity index (χ1) is 15.0. The van der Waals surface area contributed by atoms with Crippen LogP contribution in [0, 0.1) is 13.8 Å². The first kappa shape index (κ1) is 23.5. The van der Waals surface area contributed by atoms with Crippen LogP contribution in [0.4, 0.5) is 24.5 Å². The molecule has 0 aliphatic carbocycles. The van der Waals surface area contributed by atoms with Crippen molar-refractivity contribution in [3.8, 4) is 0 Å². The van der Waals surface area contributed by atoms with E-state index in [2.05, 4.69) is 10.9 Å². The van der Waals surface area contributed by atoms with Gasteiger partial charge >= 0.3 is 6.18 Å². The Hall–Kier alpha value is -3.20. The highest BCUT2D eigenvalue weighted by molar-refractivity contribution is 6.11. The lowest BCUT2D eigenvalue weighted by Gasteiger charge is -2.22. The molecule has 32 heavy (non-hydrogen) atoms. The van der Waals surface area contributed by atoms with E-state index in [9.17, 15) is 27.6 Å². The van der Waals surface area contributed by atoms with Crippen molar-refractivity contribution in [3.05, 3.63) is 58.7 Å². The number of rotatable bonds is 7. The maximum atomic E-state index is 13.5. The normalized spacial score (nSPS) is 16.6. The van der Waals surface area contributed by atoms with Gasteiger partial charge in [0.25, 0.3) is 0 Å². The van der Waals surface area contributed by atoms with Crippen LogP contribution in [0.2, 0.25) is 0 Å². The number of fused-ring (bicyclic) bond motifs is 1. The molecule has 170 valence electrons. The number of aryl methyl sites for hydroxylation is 2. The molecule has 0 radical (unpaired) electrons. The minimum Gasteiger partial charge on any atom is -0.303 e. The summed E-state index contributed by atoms with van der Waals surface area (Å²) in [6, 6.07) is 8.05. The number of hydrogen-bond donors (Lipinski definition) is 2. The van der Waals surface area contributed by atoms with Crippen molar-refractivity contribution >= 4 is 29.5 Å². The number of halogens is 3. The van der Waals surface area contributed by atoms with E-state index in [0.717, 1.165) is 23.3 Å². The molecule has 2 unspecified atom stereocenters. The van der Waals surface area contributed by atoms with Crippen molar-refractivity contribution in [1.29, 1.82) is 0 Å². The molecule has 0 spiro atoms. The molecule has 0 saturated carbocycles. The van der Waals surface area contributed by atoms with Crippen molar-refractivity contribution in [2.24, 2.45) is 0 Å². The summed E-state index contributed by atoms with van der Waals surface area (Å²) in [7, 11) is 0. The first-order valence-electron chi connectivity index (χ1n) is 10.1. The van der Waals surface area contributed by atoms with Crippen LogP contribution in [-0.2, 0) is 20.6 Å². The van der Waals surface area contributed by atoms with Crippen LogP contribution in [0.3, 0.4) is 0 Å². The van der Waals surface area contributed by atoms with Gasteiger partial charge in [-0.3, -0.25) is 19.9 Å². The average Bonchev–Trinajstić information content (AvgIpc) is 3.00. The lowest BCUT2D eigenvalue weighted by atomic mass is 9.93. The number of alkyl halides is 3. The fourth-order valence-corrected chi connectivity index (χ4v) is 3.93. The van der Waals surface area contributed by atoms with E-state index in [1.54, 1.807) is 19.1 Å². The molecule has 0 aromatic heterocycles. The van der Waals surface area contributed by atoms with E-state index in [4.69, 9.17) is 0 Å². The molecular formula is C23H24F3N3O3. The molecule has 1 heterocycles. The lowest BCUT2D eigenvalue weighted by Crippen LogP contribution is -2.47. The molecule has 9 heteroatoms. The molecule has 2 aromatic rings. The second-order valence-electron chi connectivity index (χ2n) is 7.96. The van der Waals surface area contributed by atoms with Crippen molar-refractivity contribution in [2.75, 3.05) is 4.90 Å². The Balaban J connectivity index is 2.00. The molecule has 6 nitrogen and oxygen atoms in total. The minimum atomic E-state index is -4.55. The fraction of sp³-hybridized carbons (Fsp3) is 0.348. The topological polar surface area (TPSA) is 78.5 Å².